The van der Waals surface area contributed by atoms with Gasteiger partial charge >= 0.3 is 35.7 Å². The number of benzene rings is 1. The van der Waals surface area contributed by atoms with E-state index in [1.807, 2.05) is 18.2 Å². The number of carbonyl (C=O) groups excluding carboxylic acids is 1. The molecule has 0 unspecified atom stereocenters. The Kier molecular flexibility index (Phi) is 16.0. The molecule has 0 aliphatic carbocycles. The molecule has 4 heteroatoms. The van der Waals surface area contributed by atoms with Crippen molar-refractivity contribution in [2.45, 2.75) is 71.1 Å². The van der Waals surface area contributed by atoms with E-state index in [4.69, 9.17) is 9.47 Å². The van der Waals surface area contributed by atoms with Crippen molar-refractivity contribution < 1.29 is 45.3 Å². The molecule has 23 heavy (non-hydrogen) atoms. The summed E-state index contributed by atoms with van der Waals surface area (Å²) >= 11 is 0. The molecule has 0 saturated heterocycles. The van der Waals surface area contributed by atoms with Gasteiger partial charge in [-0.15, -0.1) is 0 Å². The van der Waals surface area contributed by atoms with Gasteiger partial charge in [0, 0.05) is 0 Å². The average molecular weight is 330 g/mol. The molecule has 0 aliphatic rings. The number of hydrogen-bond donors (Lipinski definition) is 0. The molecule has 0 spiro atoms. The molecule has 0 atom stereocenters. The summed E-state index contributed by atoms with van der Waals surface area (Å²) in [5, 5.41) is 0. The normalized spacial score (nSPS) is 9.96. The molecule has 126 valence electrons. The second-order valence-corrected chi connectivity index (χ2v) is 5.70. The Bertz CT molecular complexity index is 387. The number of ether oxygens (including phenoxy) is 2. The minimum absolute atomic E-state index is 0. The zero-order chi connectivity index (χ0) is 15.9. The van der Waals surface area contributed by atoms with Crippen molar-refractivity contribution in [2.24, 2.45) is 0 Å². The minimum Gasteiger partial charge on any atom is -1.00 e. The Hall–Kier alpha value is -0.510. The van der Waals surface area contributed by atoms with Gasteiger partial charge in [-0.3, -0.25) is 0 Å². The van der Waals surface area contributed by atoms with Gasteiger partial charge in [0.15, 0.2) is 0 Å². The van der Waals surface area contributed by atoms with E-state index in [1.54, 1.807) is 12.1 Å². The topological polar surface area (TPSA) is 35.5 Å². The van der Waals surface area contributed by atoms with Crippen molar-refractivity contribution in [3.05, 3.63) is 30.3 Å². The first-order chi connectivity index (χ1) is 10.8. The van der Waals surface area contributed by atoms with Gasteiger partial charge in [-0.05, 0) is 18.6 Å². The standard InChI is InChI=1S/C19H30O3.Na.H/c1-2-3-4-5-6-7-8-9-10-14-17-21-19(20)22-18-15-12-11-13-16-18;;/h11-13,15-16H,2-10,14,17H2,1H3;;/q;+1;-1. The summed E-state index contributed by atoms with van der Waals surface area (Å²) in [6.07, 6.45) is 12.1. The van der Waals surface area contributed by atoms with Crippen molar-refractivity contribution in [3.8, 4) is 5.75 Å². The minimum atomic E-state index is -0.609. The molecular formula is C19H31NaO3. The second-order valence-electron chi connectivity index (χ2n) is 5.70. The number of unbranched alkanes of at least 4 members (excludes halogenated alkanes) is 9. The summed E-state index contributed by atoms with van der Waals surface area (Å²) in [7, 11) is 0. The monoisotopic (exact) mass is 330 g/mol. The summed E-state index contributed by atoms with van der Waals surface area (Å²) in [5.41, 5.74) is 0. The van der Waals surface area contributed by atoms with E-state index in [2.05, 4.69) is 6.92 Å². The van der Waals surface area contributed by atoms with Crippen LogP contribution in [0, 0.1) is 0 Å². The van der Waals surface area contributed by atoms with Crippen molar-refractivity contribution in [2.75, 3.05) is 6.61 Å². The number of hydrogen-bond acceptors (Lipinski definition) is 3. The smallest absolute Gasteiger partial charge is 1.00 e. The van der Waals surface area contributed by atoms with Gasteiger partial charge < -0.3 is 10.9 Å². The van der Waals surface area contributed by atoms with Gasteiger partial charge in [-0.2, -0.15) is 0 Å². The van der Waals surface area contributed by atoms with E-state index in [-0.39, 0.29) is 31.0 Å². The van der Waals surface area contributed by atoms with Crippen LogP contribution in [0.4, 0.5) is 4.79 Å². The van der Waals surface area contributed by atoms with E-state index in [9.17, 15) is 4.79 Å². The van der Waals surface area contributed by atoms with E-state index in [0.717, 1.165) is 12.8 Å². The van der Waals surface area contributed by atoms with Crippen LogP contribution in [-0.4, -0.2) is 12.8 Å². The Morgan fingerprint density at radius 1 is 0.870 bits per heavy atom. The third-order valence-corrected chi connectivity index (χ3v) is 3.66. The molecule has 0 aromatic heterocycles. The number of carbonyl (C=O) groups is 1. The molecule has 0 heterocycles. The van der Waals surface area contributed by atoms with E-state index < -0.39 is 6.16 Å². The summed E-state index contributed by atoms with van der Waals surface area (Å²) in [5.74, 6) is 0.524. The Morgan fingerprint density at radius 3 is 1.96 bits per heavy atom. The van der Waals surface area contributed by atoms with E-state index >= 15 is 0 Å². The Labute approximate surface area is 164 Å². The third-order valence-electron chi connectivity index (χ3n) is 3.66. The van der Waals surface area contributed by atoms with Gasteiger partial charge in [0.1, 0.15) is 5.75 Å². The molecule has 0 radical (unpaired) electrons. The van der Waals surface area contributed by atoms with E-state index in [0.29, 0.717) is 12.4 Å². The molecule has 3 nitrogen and oxygen atoms in total. The zero-order valence-electron chi connectivity index (χ0n) is 15.9. The molecule has 0 N–H and O–H groups in total. The molecule has 0 fully saturated rings. The number of para-hydroxylation sites is 1. The zero-order valence-corrected chi connectivity index (χ0v) is 16.9. The maximum Gasteiger partial charge on any atom is 1.00 e. The molecular weight excluding hydrogens is 299 g/mol. The van der Waals surface area contributed by atoms with Crippen molar-refractivity contribution in [3.63, 3.8) is 0 Å². The van der Waals surface area contributed by atoms with Crippen LogP contribution in [0.5, 0.6) is 5.75 Å². The molecule has 1 aromatic carbocycles. The van der Waals surface area contributed by atoms with Crippen LogP contribution in [0.3, 0.4) is 0 Å². The van der Waals surface area contributed by atoms with Gasteiger partial charge in [0.25, 0.3) is 0 Å². The van der Waals surface area contributed by atoms with Crippen LogP contribution >= 0.6 is 0 Å². The summed E-state index contributed by atoms with van der Waals surface area (Å²) in [6, 6.07) is 9.00. The van der Waals surface area contributed by atoms with Crippen LogP contribution < -0.4 is 34.3 Å². The van der Waals surface area contributed by atoms with Crippen LogP contribution in [0.15, 0.2) is 30.3 Å². The molecule has 1 rings (SSSR count). The molecule has 0 aliphatic heterocycles. The Balaban J connectivity index is 0. The van der Waals surface area contributed by atoms with Crippen molar-refractivity contribution in [1.29, 1.82) is 0 Å². The first-order valence-corrected chi connectivity index (χ1v) is 8.72. The van der Waals surface area contributed by atoms with Gasteiger partial charge in [0.05, 0.1) is 6.61 Å². The van der Waals surface area contributed by atoms with Crippen molar-refractivity contribution >= 4 is 6.16 Å². The maximum absolute atomic E-state index is 11.4. The molecule has 0 bridgehead atoms. The number of rotatable bonds is 12. The maximum atomic E-state index is 11.4. The SMILES string of the molecule is CCCCCCCCCCCCOC(=O)Oc1ccccc1.[H-].[Na+]. The van der Waals surface area contributed by atoms with Crippen LogP contribution in [0.25, 0.3) is 0 Å². The first-order valence-electron chi connectivity index (χ1n) is 8.72. The van der Waals surface area contributed by atoms with Crippen LogP contribution in [0.2, 0.25) is 0 Å². The summed E-state index contributed by atoms with van der Waals surface area (Å²) in [4.78, 5) is 11.4. The predicted octanol–water partition coefficient (Wildman–Crippen LogP) is 3.24. The second kappa shape index (κ2) is 16.4. The third kappa shape index (κ3) is 13.6. The predicted molar refractivity (Wildman–Crippen MR) is 91.4 cm³/mol. The fourth-order valence-corrected chi connectivity index (χ4v) is 2.36. The average Bonchev–Trinajstić information content (AvgIpc) is 2.53. The molecule has 0 saturated carbocycles. The molecule has 1 aromatic rings. The van der Waals surface area contributed by atoms with Gasteiger partial charge in [-0.1, -0.05) is 82.9 Å². The largest absolute Gasteiger partial charge is 1.00 e. The fraction of sp³-hybridized carbons (Fsp3) is 0.632. The van der Waals surface area contributed by atoms with Crippen LogP contribution in [-0.2, 0) is 4.74 Å². The summed E-state index contributed by atoms with van der Waals surface area (Å²) in [6.45, 7) is 2.69. The van der Waals surface area contributed by atoms with Gasteiger partial charge in [-0.25, -0.2) is 4.79 Å². The first kappa shape index (κ1) is 22.5. The van der Waals surface area contributed by atoms with Crippen molar-refractivity contribution in [1.82, 2.24) is 0 Å². The quantitative estimate of drug-likeness (QED) is 0.255. The molecule has 0 amide bonds. The van der Waals surface area contributed by atoms with E-state index in [1.165, 1.54) is 51.4 Å². The van der Waals surface area contributed by atoms with Gasteiger partial charge in [0.2, 0.25) is 0 Å². The Morgan fingerprint density at radius 2 is 1.39 bits per heavy atom. The summed E-state index contributed by atoms with van der Waals surface area (Å²) < 4.78 is 10.1. The van der Waals surface area contributed by atoms with Crippen LogP contribution in [0.1, 0.15) is 72.6 Å². The fourth-order valence-electron chi connectivity index (χ4n) is 2.36.